The number of ketones is 1. The lowest BCUT2D eigenvalue weighted by Gasteiger charge is -2.17. The van der Waals surface area contributed by atoms with Gasteiger partial charge in [-0.2, -0.15) is 0 Å². The molecule has 21 heavy (non-hydrogen) atoms. The second-order valence-electron chi connectivity index (χ2n) is 5.47. The van der Waals surface area contributed by atoms with Crippen LogP contribution in [0.15, 0.2) is 66.7 Å². The summed E-state index contributed by atoms with van der Waals surface area (Å²) < 4.78 is 0. The highest BCUT2D eigenvalue weighted by Gasteiger charge is 2.40. The molecule has 1 aliphatic carbocycles. The number of Topliss-reactive ketones (excluding diaryl/α,β-unsaturated/α-hetero) is 1. The van der Waals surface area contributed by atoms with Crippen LogP contribution in [-0.4, -0.2) is 17.0 Å². The van der Waals surface area contributed by atoms with Crippen LogP contribution < -0.4 is 0 Å². The monoisotopic (exact) mass is 278 g/mol. The highest BCUT2D eigenvalue weighted by molar-refractivity contribution is 5.89. The number of hydrogen-bond acceptors (Lipinski definition) is 2. The number of benzene rings is 2. The van der Waals surface area contributed by atoms with Gasteiger partial charge in [0.2, 0.25) is 0 Å². The van der Waals surface area contributed by atoms with E-state index >= 15 is 0 Å². The second kappa shape index (κ2) is 6.06. The number of hydrogen-bond donors (Lipinski definition) is 1. The zero-order valence-corrected chi connectivity index (χ0v) is 11.7. The summed E-state index contributed by atoms with van der Waals surface area (Å²) in [5.41, 5.74) is 2.07. The van der Waals surface area contributed by atoms with Crippen LogP contribution in [-0.2, 0) is 4.79 Å². The van der Waals surface area contributed by atoms with Crippen molar-refractivity contribution in [2.45, 2.75) is 18.4 Å². The van der Waals surface area contributed by atoms with Crippen molar-refractivity contribution >= 4 is 11.9 Å². The molecule has 2 aromatic rings. The summed E-state index contributed by atoms with van der Waals surface area (Å²) >= 11 is 0. The van der Waals surface area contributed by atoms with Gasteiger partial charge in [-0.25, -0.2) is 0 Å². The fraction of sp³-hybridized carbons (Fsp3) is 0.211. The molecule has 2 heteroatoms. The van der Waals surface area contributed by atoms with Gasteiger partial charge in [0.15, 0.2) is 0 Å². The summed E-state index contributed by atoms with van der Waals surface area (Å²) in [6, 6.07) is 19.7. The van der Waals surface area contributed by atoms with Gasteiger partial charge in [0, 0.05) is 12.3 Å². The maximum absolute atomic E-state index is 12.2. The van der Waals surface area contributed by atoms with E-state index < -0.39 is 6.10 Å². The highest BCUT2D eigenvalue weighted by atomic mass is 16.3. The molecule has 0 radical (unpaired) electrons. The van der Waals surface area contributed by atoms with Gasteiger partial charge in [0.1, 0.15) is 5.78 Å². The molecule has 0 saturated heterocycles. The van der Waals surface area contributed by atoms with Crippen molar-refractivity contribution in [2.75, 3.05) is 0 Å². The molecule has 0 aromatic heterocycles. The summed E-state index contributed by atoms with van der Waals surface area (Å²) in [6.07, 6.45) is 3.61. The molecule has 106 valence electrons. The third-order valence-corrected chi connectivity index (χ3v) is 4.06. The summed E-state index contributed by atoms with van der Waals surface area (Å²) in [5.74, 6) is -0.266. The lowest BCUT2D eigenvalue weighted by molar-refractivity contribution is -0.119. The molecule has 0 amide bonds. The van der Waals surface area contributed by atoms with Crippen LogP contribution in [0.25, 0.3) is 6.08 Å². The largest absolute Gasteiger partial charge is 0.392 e. The minimum absolute atomic E-state index is 0.122. The highest BCUT2D eigenvalue weighted by Crippen LogP contribution is 2.38. The average molecular weight is 278 g/mol. The van der Waals surface area contributed by atoms with Crippen molar-refractivity contribution in [2.24, 2.45) is 5.92 Å². The molecule has 0 heterocycles. The molecule has 1 fully saturated rings. The SMILES string of the molecule is O=C1C[C@H](O)[C@H](/C=C/c2ccccc2)[C@H]1c1ccccc1. The fourth-order valence-corrected chi connectivity index (χ4v) is 3.00. The Morgan fingerprint density at radius 1 is 0.952 bits per heavy atom. The Kier molecular flexibility index (Phi) is 3.98. The zero-order chi connectivity index (χ0) is 14.7. The van der Waals surface area contributed by atoms with E-state index in [4.69, 9.17) is 0 Å². The lowest BCUT2D eigenvalue weighted by atomic mass is 9.87. The van der Waals surface area contributed by atoms with Crippen LogP contribution in [0.1, 0.15) is 23.5 Å². The van der Waals surface area contributed by atoms with Crippen molar-refractivity contribution in [1.29, 1.82) is 0 Å². The number of rotatable bonds is 3. The zero-order valence-electron chi connectivity index (χ0n) is 11.7. The van der Waals surface area contributed by atoms with E-state index in [1.54, 1.807) is 0 Å². The minimum Gasteiger partial charge on any atom is -0.392 e. The first kappa shape index (κ1) is 13.8. The first-order valence-corrected chi connectivity index (χ1v) is 7.24. The van der Waals surface area contributed by atoms with Crippen molar-refractivity contribution in [1.82, 2.24) is 0 Å². The standard InChI is InChI=1S/C19H18O2/c20-17-13-18(21)19(15-9-5-2-6-10-15)16(17)12-11-14-7-3-1-4-8-14/h1-12,16-17,19-20H,13H2/b12-11+/t16-,17-,19+/m0/s1. The smallest absolute Gasteiger partial charge is 0.143 e. The molecular weight excluding hydrogens is 260 g/mol. The van der Waals surface area contributed by atoms with E-state index in [9.17, 15) is 9.90 Å². The van der Waals surface area contributed by atoms with Crippen molar-refractivity contribution in [3.05, 3.63) is 77.9 Å². The lowest BCUT2D eigenvalue weighted by Crippen LogP contribution is -2.16. The van der Waals surface area contributed by atoms with Gasteiger partial charge in [-0.15, -0.1) is 0 Å². The molecular formula is C19H18O2. The molecule has 1 aliphatic rings. The Morgan fingerprint density at radius 3 is 2.24 bits per heavy atom. The predicted octanol–water partition coefficient (Wildman–Crippen LogP) is 3.43. The number of aliphatic hydroxyl groups is 1. The Hall–Kier alpha value is -2.19. The molecule has 2 aromatic carbocycles. The molecule has 0 bridgehead atoms. The molecule has 0 aliphatic heterocycles. The third kappa shape index (κ3) is 2.96. The number of aliphatic hydroxyl groups excluding tert-OH is 1. The normalized spacial score (nSPS) is 25.6. The third-order valence-electron chi connectivity index (χ3n) is 4.06. The Balaban J connectivity index is 1.88. The van der Waals surface area contributed by atoms with Gasteiger partial charge in [-0.3, -0.25) is 4.79 Å². The molecule has 1 N–H and O–H groups in total. The van der Waals surface area contributed by atoms with Gasteiger partial charge in [0.05, 0.1) is 12.0 Å². The van der Waals surface area contributed by atoms with Gasteiger partial charge in [-0.05, 0) is 11.1 Å². The Labute approximate surface area is 124 Å². The molecule has 2 nitrogen and oxygen atoms in total. The quantitative estimate of drug-likeness (QED) is 0.934. The van der Waals surface area contributed by atoms with Gasteiger partial charge < -0.3 is 5.11 Å². The summed E-state index contributed by atoms with van der Waals surface area (Å²) in [7, 11) is 0. The second-order valence-corrected chi connectivity index (χ2v) is 5.47. The van der Waals surface area contributed by atoms with E-state index in [0.717, 1.165) is 11.1 Å². The maximum atomic E-state index is 12.2. The van der Waals surface area contributed by atoms with Crippen LogP contribution >= 0.6 is 0 Å². The summed E-state index contributed by atoms with van der Waals surface area (Å²) in [6.45, 7) is 0. The first-order valence-electron chi connectivity index (χ1n) is 7.24. The fourth-order valence-electron chi connectivity index (χ4n) is 3.00. The van der Waals surface area contributed by atoms with Crippen molar-refractivity contribution in [3.8, 4) is 0 Å². The van der Waals surface area contributed by atoms with Gasteiger partial charge in [-0.1, -0.05) is 72.8 Å². The van der Waals surface area contributed by atoms with Crippen LogP contribution in [0.2, 0.25) is 0 Å². The Morgan fingerprint density at radius 2 is 1.57 bits per heavy atom. The van der Waals surface area contributed by atoms with E-state index in [1.807, 2.05) is 72.8 Å². The van der Waals surface area contributed by atoms with Crippen molar-refractivity contribution < 1.29 is 9.90 Å². The van der Waals surface area contributed by atoms with Crippen molar-refractivity contribution in [3.63, 3.8) is 0 Å². The molecule has 0 unspecified atom stereocenters. The molecule has 0 spiro atoms. The summed E-state index contributed by atoms with van der Waals surface area (Å²) in [4.78, 5) is 12.2. The maximum Gasteiger partial charge on any atom is 0.143 e. The van der Waals surface area contributed by atoms with E-state index in [2.05, 4.69) is 0 Å². The molecule has 1 saturated carbocycles. The van der Waals surface area contributed by atoms with E-state index in [1.165, 1.54) is 0 Å². The van der Waals surface area contributed by atoms with Crippen LogP contribution in [0.3, 0.4) is 0 Å². The van der Waals surface area contributed by atoms with E-state index in [0.29, 0.717) is 0 Å². The predicted molar refractivity (Wildman–Crippen MR) is 83.8 cm³/mol. The molecule has 3 rings (SSSR count). The first-order chi connectivity index (χ1) is 10.3. The van der Waals surface area contributed by atoms with E-state index in [-0.39, 0.29) is 24.0 Å². The van der Waals surface area contributed by atoms with Gasteiger partial charge in [0.25, 0.3) is 0 Å². The number of carbonyl (C=O) groups excluding carboxylic acids is 1. The number of carbonyl (C=O) groups is 1. The van der Waals surface area contributed by atoms with Gasteiger partial charge >= 0.3 is 0 Å². The molecule has 3 atom stereocenters. The average Bonchev–Trinajstić information content (AvgIpc) is 2.81. The summed E-state index contributed by atoms with van der Waals surface area (Å²) in [5, 5.41) is 10.2. The van der Waals surface area contributed by atoms with Crippen LogP contribution in [0.5, 0.6) is 0 Å². The minimum atomic E-state index is -0.595. The van der Waals surface area contributed by atoms with Crippen LogP contribution in [0.4, 0.5) is 0 Å². The van der Waals surface area contributed by atoms with Crippen LogP contribution in [0, 0.1) is 5.92 Å². The topological polar surface area (TPSA) is 37.3 Å². The Bertz CT molecular complexity index is 631.